The summed E-state index contributed by atoms with van der Waals surface area (Å²) in [6, 6.07) is 9.19. The second-order valence-electron chi connectivity index (χ2n) is 7.48. The Morgan fingerprint density at radius 2 is 1.70 bits per heavy atom. The zero-order valence-electron chi connectivity index (χ0n) is 16.4. The average molecular weight is 423 g/mol. The third kappa shape index (κ3) is 6.17. The number of hydrogen-bond acceptors (Lipinski definition) is 4. The summed E-state index contributed by atoms with van der Waals surface area (Å²) < 4.78 is 39.1. The van der Waals surface area contributed by atoms with Crippen molar-refractivity contribution in [1.82, 2.24) is 14.8 Å². The van der Waals surface area contributed by atoms with Crippen molar-refractivity contribution in [3.05, 3.63) is 69.6 Å². The van der Waals surface area contributed by atoms with Crippen molar-refractivity contribution in [2.24, 2.45) is 0 Å². The van der Waals surface area contributed by atoms with Crippen molar-refractivity contribution in [1.29, 1.82) is 0 Å². The van der Waals surface area contributed by atoms with Gasteiger partial charge in [0.1, 0.15) is 6.54 Å². The maximum atomic E-state index is 12.8. The van der Waals surface area contributed by atoms with Gasteiger partial charge in [0.15, 0.2) is 0 Å². The summed E-state index contributed by atoms with van der Waals surface area (Å²) in [6.07, 6.45) is -2.59. The van der Waals surface area contributed by atoms with E-state index in [-0.39, 0.29) is 12.6 Å². The molecule has 2 heterocycles. The summed E-state index contributed by atoms with van der Waals surface area (Å²) in [5.74, 6) is -0.549. The molecular weight excluding hydrogens is 399 g/mol. The van der Waals surface area contributed by atoms with Crippen LogP contribution in [0.4, 0.5) is 13.2 Å². The quantitative estimate of drug-likeness (QED) is 0.747. The molecule has 30 heavy (non-hydrogen) atoms. The number of aromatic nitrogens is 1. The van der Waals surface area contributed by atoms with Gasteiger partial charge < -0.3 is 15.0 Å². The number of likely N-dealkylation sites (tertiary alicyclic amines) is 1. The first-order valence-electron chi connectivity index (χ1n) is 9.73. The van der Waals surface area contributed by atoms with Crippen LogP contribution in [0.5, 0.6) is 0 Å². The fourth-order valence-electron chi connectivity index (χ4n) is 3.33. The number of aliphatic hydroxyl groups excluding tert-OH is 1. The minimum absolute atomic E-state index is 0.209. The number of alkyl halides is 3. The van der Waals surface area contributed by atoms with Gasteiger partial charge in [-0.05, 0) is 30.0 Å². The van der Waals surface area contributed by atoms with Crippen LogP contribution in [-0.4, -0.2) is 39.7 Å². The van der Waals surface area contributed by atoms with Crippen molar-refractivity contribution in [3.63, 3.8) is 0 Å². The molecule has 1 aromatic heterocycles. The Morgan fingerprint density at radius 3 is 2.33 bits per heavy atom. The predicted octanol–water partition coefficient (Wildman–Crippen LogP) is 2.14. The van der Waals surface area contributed by atoms with Gasteiger partial charge >= 0.3 is 6.18 Å². The highest BCUT2D eigenvalue weighted by Gasteiger charge is 2.31. The minimum Gasteiger partial charge on any atom is -0.393 e. The van der Waals surface area contributed by atoms with E-state index >= 15 is 0 Å². The van der Waals surface area contributed by atoms with Crippen LogP contribution in [0.2, 0.25) is 0 Å². The van der Waals surface area contributed by atoms with Crippen molar-refractivity contribution in [2.75, 3.05) is 13.1 Å². The summed E-state index contributed by atoms with van der Waals surface area (Å²) in [7, 11) is 0. The number of hydrogen-bond donors (Lipinski definition) is 2. The third-order valence-corrected chi connectivity index (χ3v) is 5.10. The molecule has 0 bridgehead atoms. The van der Waals surface area contributed by atoms with Crippen LogP contribution in [0.1, 0.15) is 29.5 Å². The molecule has 1 fully saturated rings. The highest BCUT2D eigenvalue weighted by molar-refractivity contribution is 5.75. The molecule has 1 aliphatic heterocycles. The predicted molar refractivity (Wildman–Crippen MR) is 105 cm³/mol. The van der Waals surface area contributed by atoms with E-state index in [0.29, 0.717) is 12.3 Å². The fraction of sp³-hybridized carbons (Fsp3) is 0.429. The molecule has 0 aliphatic carbocycles. The van der Waals surface area contributed by atoms with E-state index in [2.05, 4.69) is 10.2 Å². The number of amides is 1. The molecule has 2 N–H and O–H groups in total. The maximum absolute atomic E-state index is 12.8. The van der Waals surface area contributed by atoms with Crippen LogP contribution >= 0.6 is 0 Å². The van der Waals surface area contributed by atoms with Crippen molar-refractivity contribution < 1.29 is 23.1 Å². The third-order valence-electron chi connectivity index (χ3n) is 5.10. The molecule has 2 aromatic rings. The van der Waals surface area contributed by atoms with E-state index in [1.165, 1.54) is 0 Å². The molecule has 1 aliphatic rings. The Morgan fingerprint density at radius 1 is 1.07 bits per heavy atom. The zero-order chi connectivity index (χ0) is 21.7. The molecule has 1 saturated heterocycles. The molecule has 0 spiro atoms. The number of nitrogens with one attached hydrogen (secondary N) is 1. The Bertz CT molecular complexity index is 918. The molecule has 0 unspecified atom stereocenters. The van der Waals surface area contributed by atoms with E-state index in [9.17, 15) is 27.9 Å². The lowest BCUT2D eigenvalue weighted by atomic mass is 10.1. The Labute approximate surface area is 171 Å². The molecule has 6 nitrogen and oxygen atoms in total. The van der Waals surface area contributed by atoms with E-state index in [0.717, 1.165) is 54.2 Å². The summed E-state index contributed by atoms with van der Waals surface area (Å²) in [5.41, 5.74) is 0.316. The van der Waals surface area contributed by atoms with E-state index in [1.807, 2.05) is 24.3 Å². The Hall–Kier alpha value is -2.65. The molecule has 0 saturated carbocycles. The molecule has 0 radical (unpaired) electrons. The van der Waals surface area contributed by atoms with Crippen LogP contribution in [-0.2, 0) is 30.6 Å². The first-order chi connectivity index (χ1) is 14.2. The van der Waals surface area contributed by atoms with E-state index in [4.69, 9.17) is 0 Å². The lowest BCUT2D eigenvalue weighted by Gasteiger charge is -2.29. The summed E-state index contributed by atoms with van der Waals surface area (Å²) >= 11 is 0. The van der Waals surface area contributed by atoms with Crippen LogP contribution in [0.15, 0.2) is 47.4 Å². The van der Waals surface area contributed by atoms with Gasteiger partial charge in [-0.3, -0.25) is 14.5 Å². The number of nitrogens with zero attached hydrogens (tertiary/aromatic N) is 2. The smallest absolute Gasteiger partial charge is 0.393 e. The van der Waals surface area contributed by atoms with Gasteiger partial charge in [0.2, 0.25) is 5.91 Å². The standard InChI is InChI=1S/C21H24F3N3O3/c22-21(23,24)17-5-6-20(30)27(13-17)14-19(29)25-11-15-1-3-16(4-2-15)12-26-9-7-18(28)8-10-26/h1-6,13,18,28H,7-12,14H2,(H,25,29). The first-order valence-corrected chi connectivity index (χ1v) is 9.73. The highest BCUT2D eigenvalue weighted by atomic mass is 19.4. The number of carbonyl (C=O) groups excluding carboxylic acids is 1. The number of rotatable bonds is 6. The Kier molecular flexibility index (Phi) is 6.94. The normalized spacial score (nSPS) is 15.9. The van der Waals surface area contributed by atoms with Crippen LogP contribution in [0, 0.1) is 0 Å². The molecule has 3 rings (SSSR count). The summed E-state index contributed by atoms with van der Waals surface area (Å²) in [5, 5.41) is 12.2. The minimum atomic E-state index is -4.58. The Balaban J connectivity index is 1.51. The maximum Gasteiger partial charge on any atom is 0.417 e. The SMILES string of the molecule is O=C(Cn1cc(C(F)(F)F)ccc1=O)NCc1ccc(CN2CCC(O)CC2)cc1. The van der Waals surface area contributed by atoms with Gasteiger partial charge in [-0.1, -0.05) is 24.3 Å². The molecule has 162 valence electrons. The lowest BCUT2D eigenvalue weighted by Crippen LogP contribution is -2.35. The van der Waals surface area contributed by atoms with Gasteiger partial charge in [0.05, 0.1) is 11.7 Å². The first kappa shape index (κ1) is 22.0. The van der Waals surface area contributed by atoms with Gasteiger partial charge in [0, 0.05) is 38.4 Å². The molecule has 0 atom stereocenters. The number of benzene rings is 1. The second-order valence-corrected chi connectivity index (χ2v) is 7.48. The summed E-state index contributed by atoms with van der Waals surface area (Å²) in [6.45, 7) is 2.23. The molecule has 1 amide bonds. The lowest BCUT2D eigenvalue weighted by molar-refractivity contribution is -0.138. The number of halogens is 3. The number of pyridine rings is 1. The van der Waals surface area contributed by atoms with Gasteiger partial charge in [-0.15, -0.1) is 0 Å². The van der Waals surface area contributed by atoms with Gasteiger partial charge in [-0.25, -0.2) is 0 Å². The van der Waals surface area contributed by atoms with Crippen molar-refractivity contribution in [3.8, 4) is 0 Å². The second kappa shape index (κ2) is 9.44. The largest absolute Gasteiger partial charge is 0.417 e. The summed E-state index contributed by atoms with van der Waals surface area (Å²) in [4.78, 5) is 26.1. The van der Waals surface area contributed by atoms with Crippen molar-refractivity contribution in [2.45, 2.75) is 44.8 Å². The van der Waals surface area contributed by atoms with Gasteiger partial charge in [0.25, 0.3) is 5.56 Å². The molecule has 1 aromatic carbocycles. The molecular formula is C21H24F3N3O3. The zero-order valence-corrected chi connectivity index (χ0v) is 16.4. The highest BCUT2D eigenvalue weighted by Crippen LogP contribution is 2.28. The van der Waals surface area contributed by atoms with Crippen molar-refractivity contribution >= 4 is 5.91 Å². The number of aliphatic hydroxyl groups is 1. The number of carbonyl (C=O) groups is 1. The topological polar surface area (TPSA) is 74.6 Å². The van der Waals surface area contributed by atoms with Crippen LogP contribution in [0.3, 0.4) is 0 Å². The fourth-order valence-corrected chi connectivity index (χ4v) is 3.33. The van der Waals surface area contributed by atoms with E-state index < -0.39 is 29.8 Å². The monoisotopic (exact) mass is 423 g/mol. The van der Waals surface area contributed by atoms with Crippen LogP contribution < -0.4 is 10.9 Å². The molecule has 9 heteroatoms. The van der Waals surface area contributed by atoms with Crippen LogP contribution in [0.25, 0.3) is 0 Å². The number of piperidine rings is 1. The van der Waals surface area contributed by atoms with Gasteiger partial charge in [-0.2, -0.15) is 13.2 Å². The van der Waals surface area contributed by atoms with E-state index in [1.54, 1.807) is 0 Å². The average Bonchev–Trinajstić information content (AvgIpc) is 2.70.